The van der Waals surface area contributed by atoms with E-state index in [-0.39, 0.29) is 0 Å². The lowest BCUT2D eigenvalue weighted by molar-refractivity contribution is 0.247. The zero-order chi connectivity index (χ0) is 19.8. The summed E-state index contributed by atoms with van der Waals surface area (Å²) in [6, 6.07) is 29.3. The highest BCUT2D eigenvalue weighted by molar-refractivity contribution is 5.40. The molecule has 0 saturated carbocycles. The molecule has 0 amide bonds. The molecule has 0 aliphatic carbocycles. The van der Waals surface area contributed by atoms with Gasteiger partial charge in [-0.15, -0.1) is 0 Å². The van der Waals surface area contributed by atoms with Gasteiger partial charge in [0.05, 0.1) is 34.9 Å². The smallest absolute Gasteiger partial charge is 0.0995 e. The van der Waals surface area contributed by atoms with Gasteiger partial charge in [0, 0.05) is 19.6 Å². The van der Waals surface area contributed by atoms with E-state index < -0.39 is 0 Å². The summed E-state index contributed by atoms with van der Waals surface area (Å²) in [5, 5.41) is 28.3. The molecule has 134 valence electrons. The summed E-state index contributed by atoms with van der Waals surface area (Å²) in [6.07, 6.45) is 0. The fourth-order valence-electron chi connectivity index (χ4n) is 3.19. The van der Waals surface area contributed by atoms with Crippen molar-refractivity contribution in [1.82, 2.24) is 4.90 Å². The van der Waals surface area contributed by atoms with Crippen LogP contribution in [0, 0.1) is 34.0 Å². The van der Waals surface area contributed by atoms with Crippen LogP contribution >= 0.6 is 0 Å². The highest BCUT2D eigenvalue weighted by Crippen LogP contribution is 2.19. The second-order valence-corrected chi connectivity index (χ2v) is 6.45. The molecule has 0 bridgehead atoms. The molecule has 0 N–H and O–H groups in total. The minimum atomic E-state index is 0.545. The number of hydrogen-bond acceptors (Lipinski definition) is 4. The van der Waals surface area contributed by atoms with E-state index in [0.29, 0.717) is 36.3 Å². The summed E-state index contributed by atoms with van der Waals surface area (Å²) in [5.41, 5.74) is 4.68. The summed E-state index contributed by atoms with van der Waals surface area (Å²) >= 11 is 0. The van der Waals surface area contributed by atoms with Gasteiger partial charge in [0.2, 0.25) is 0 Å². The lowest BCUT2D eigenvalue weighted by Crippen LogP contribution is -2.24. The van der Waals surface area contributed by atoms with Crippen molar-refractivity contribution < 1.29 is 0 Å². The second kappa shape index (κ2) is 9.15. The molecular weight excluding hydrogens is 344 g/mol. The number of nitrogens with zero attached hydrogens (tertiary/aromatic N) is 4. The Balaban J connectivity index is 1.95. The Hall–Kier alpha value is -3.91. The van der Waals surface area contributed by atoms with Gasteiger partial charge < -0.3 is 0 Å². The second-order valence-electron chi connectivity index (χ2n) is 6.45. The molecule has 0 spiro atoms. The topological polar surface area (TPSA) is 74.6 Å². The maximum absolute atomic E-state index is 9.42. The molecule has 0 unspecified atom stereocenters. The molecule has 0 saturated heterocycles. The molecule has 28 heavy (non-hydrogen) atoms. The van der Waals surface area contributed by atoms with Crippen LogP contribution in [0.1, 0.15) is 33.4 Å². The Morgan fingerprint density at radius 2 is 0.786 bits per heavy atom. The van der Waals surface area contributed by atoms with Crippen molar-refractivity contribution in [3.63, 3.8) is 0 Å². The van der Waals surface area contributed by atoms with Gasteiger partial charge in [-0.2, -0.15) is 15.8 Å². The van der Waals surface area contributed by atoms with E-state index in [0.717, 1.165) is 16.7 Å². The minimum absolute atomic E-state index is 0.545. The Labute approximate surface area is 165 Å². The van der Waals surface area contributed by atoms with Crippen LogP contribution in [0.2, 0.25) is 0 Å². The standard InChI is InChI=1S/C24H18N4/c25-13-19-7-1-4-10-22(19)16-28(17-23-11-5-2-8-20(23)14-26)18-24-12-6-3-9-21(24)15-27/h1-12H,16-18H2. The fourth-order valence-corrected chi connectivity index (χ4v) is 3.19. The van der Waals surface area contributed by atoms with Crippen LogP contribution in [0.15, 0.2) is 72.8 Å². The van der Waals surface area contributed by atoms with Crippen LogP contribution < -0.4 is 0 Å². The summed E-state index contributed by atoms with van der Waals surface area (Å²) < 4.78 is 0. The summed E-state index contributed by atoms with van der Waals surface area (Å²) in [4.78, 5) is 2.16. The third-order valence-electron chi connectivity index (χ3n) is 4.60. The van der Waals surface area contributed by atoms with Crippen molar-refractivity contribution in [3.8, 4) is 18.2 Å². The van der Waals surface area contributed by atoms with Gasteiger partial charge >= 0.3 is 0 Å². The summed E-state index contributed by atoms with van der Waals surface area (Å²) in [7, 11) is 0. The third kappa shape index (κ3) is 4.43. The first-order valence-corrected chi connectivity index (χ1v) is 8.91. The maximum atomic E-state index is 9.42. The third-order valence-corrected chi connectivity index (χ3v) is 4.60. The van der Waals surface area contributed by atoms with Crippen molar-refractivity contribution in [2.45, 2.75) is 19.6 Å². The lowest BCUT2D eigenvalue weighted by atomic mass is 10.0. The monoisotopic (exact) mass is 362 g/mol. The molecule has 0 radical (unpaired) electrons. The average molecular weight is 362 g/mol. The maximum Gasteiger partial charge on any atom is 0.0995 e. The predicted octanol–water partition coefficient (Wildman–Crippen LogP) is 4.50. The molecule has 0 atom stereocenters. The van der Waals surface area contributed by atoms with E-state index in [4.69, 9.17) is 0 Å². The molecular formula is C24H18N4. The van der Waals surface area contributed by atoms with Gasteiger partial charge in [-0.05, 0) is 34.9 Å². The van der Waals surface area contributed by atoms with E-state index in [1.54, 1.807) is 18.2 Å². The van der Waals surface area contributed by atoms with Gasteiger partial charge in [-0.3, -0.25) is 4.90 Å². The molecule has 0 aliphatic heterocycles. The number of rotatable bonds is 6. The molecule has 0 aromatic heterocycles. The first kappa shape index (κ1) is 18.9. The van der Waals surface area contributed by atoms with E-state index in [1.165, 1.54) is 0 Å². The van der Waals surface area contributed by atoms with E-state index in [9.17, 15) is 15.8 Å². The van der Waals surface area contributed by atoms with Crippen molar-refractivity contribution in [3.05, 3.63) is 106 Å². The van der Waals surface area contributed by atoms with Crippen molar-refractivity contribution in [2.24, 2.45) is 0 Å². The van der Waals surface area contributed by atoms with E-state index in [1.807, 2.05) is 54.6 Å². The fraction of sp³-hybridized carbons (Fsp3) is 0.125. The molecule has 3 rings (SSSR count). The molecule has 4 heteroatoms. The van der Waals surface area contributed by atoms with Crippen molar-refractivity contribution in [2.75, 3.05) is 0 Å². The number of benzene rings is 3. The predicted molar refractivity (Wildman–Crippen MR) is 106 cm³/mol. The van der Waals surface area contributed by atoms with Gasteiger partial charge in [0.25, 0.3) is 0 Å². The van der Waals surface area contributed by atoms with Gasteiger partial charge in [-0.25, -0.2) is 0 Å². The lowest BCUT2D eigenvalue weighted by Gasteiger charge is -2.24. The zero-order valence-corrected chi connectivity index (χ0v) is 15.3. The first-order chi connectivity index (χ1) is 13.7. The summed E-state index contributed by atoms with van der Waals surface area (Å²) in [5.74, 6) is 0. The van der Waals surface area contributed by atoms with E-state index in [2.05, 4.69) is 23.1 Å². The Bertz CT molecular complexity index is 955. The molecule has 0 fully saturated rings. The van der Waals surface area contributed by atoms with Crippen LogP contribution in [-0.2, 0) is 19.6 Å². The Morgan fingerprint density at radius 1 is 0.500 bits per heavy atom. The van der Waals surface area contributed by atoms with Gasteiger partial charge in [0.1, 0.15) is 0 Å². The van der Waals surface area contributed by atoms with Gasteiger partial charge in [0.15, 0.2) is 0 Å². The minimum Gasteiger partial charge on any atom is -0.290 e. The quantitative estimate of drug-likeness (QED) is 0.647. The summed E-state index contributed by atoms with van der Waals surface area (Å²) in [6.45, 7) is 1.63. The highest BCUT2D eigenvalue weighted by Gasteiger charge is 2.14. The molecule has 3 aromatic rings. The SMILES string of the molecule is N#Cc1ccccc1CN(Cc1ccccc1C#N)Cc1ccccc1C#N. The van der Waals surface area contributed by atoms with Crippen LogP contribution in [0.25, 0.3) is 0 Å². The van der Waals surface area contributed by atoms with Crippen molar-refractivity contribution >= 4 is 0 Å². The van der Waals surface area contributed by atoms with Crippen molar-refractivity contribution in [1.29, 1.82) is 15.8 Å². The van der Waals surface area contributed by atoms with Crippen LogP contribution in [0.4, 0.5) is 0 Å². The Morgan fingerprint density at radius 3 is 1.07 bits per heavy atom. The van der Waals surface area contributed by atoms with E-state index >= 15 is 0 Å². The zero-order valence-electron chi connectivity index (χ0n) is 15.3. The number of hydrogen-bond donors (Lipinski definition) is 0. The molecule has 4 nitrogen and oxygen atoms in total. The normalized spacial score (nSPS) is 10.1. The van der Waals surface area contributed by atoms with Gasteiger partial charge in [-0.1, -0.05) is 54.6 Å². The molecule has 3 aromatic carbocycles. The average Bonchev–Trinajstić information content (AvgIpc) is 2.75. The molecule has 0 aliphatic rings. The largest absolute Gasteiger partial charge is 0.290 e. The molecule has 0 heterocycles. The van der Waals surface area contributed by atoms with Crippen LogP contribution in [-0.4, -0.2) is 4.90 Å². The number of nitriles is 3. The van der Waals surface area contributed by atoms with Crippen LogP contribution in [0.5, 0.6) is 0 Å². The Kier molecular flexibility index (Phi) is 6.17. The van der Waals surface area contributed by atoms with Crippen LogP contribution in [0.3, 0.4) is 0 Å². The first-order valence-electron chi connectivity index (χ1n) is 8.91. The highest BCUT2D eigenvalue weighted by atomic mass is 15.1.